The molecule has 1 aliphatic rings. The Morgan fingerprint density at radius 1 is 1.47 bits per heavy atom. The van der Waals surface area contributed by atoms with Gasteiger partial charge in [-0.15, -0.1) is 0 Å². The van der Waals surface area contributed by atoms with Gasteiger partial charge in [-0.05, 0) is 49.4 Å². The third kappa shape index (κ3) is 3.75. The summed E-state index contributed by atoms with van der Waals surface area (Å²) >= 11 is 0. The maximum absolute atomic E-state index is 13.3. The lowest BCUT2D eigenvalue weighted by molar-refractivity contribution is 0.110. The average Bonchev–Trinajstić information content (AvgIpc) is 2.41. The van der Waals surface area contributed by atoms with Crippen LogP contribution in [0.15, 0.2) is 24.3 Å². The van der Waals surface area contributed by atoms with Crippen LogP contribution in [0.3, 0.4) is 0 Å². The first-order valence-corrected chi connectivity index (χ1v) is 7.05. The summed E-state index contributed by atoms with van der Waals surface area (Å²) in [6.45, 7) is 2.68. The van der Waals surface area contributed by atoms with Crippen LogP contribution >= 0.6 is 0 Å². The predicted molar refractivity (Wildman–Crippen MR) is 74.2 cm³/mol. The van der Waals surface area contributed by atoms with Crippen LogP contribution in [0.2, 0.25) is 0 Å². The van der Waals surface area contributed by atoms with Gasteiger partial charge in [0, 0.05) is 25.7 Å². The second kappa shape index (κ2) is 6.98. The van der Waals surface area contributed by atoms with Crippen molar-refractivity contribution in [3.8, 4) is 0 Å². The number of aliphatic hydroxyl groups is 1. The highest BCUT2D eigenvalue weighted by molar-refractivity contribution is 5.20. The maximum Gasteiger partial charge on any atom is 0.123 e. The van der Waals surface area contributed by atoms with Crippen LogP contribution in [0, 0.1) is 11.7 Å². The molecule has 1 aromatic carbocycles. The van der Waals surface area contributed by atoms with Crippen molar-refractivity contribution in [3.05, 3.63) is 35.6 Å². The Labute approximate surface area is 114 Å². The van der Waals surface area contributed by atoms with Crippen molar-refractivity contribution < 1.29 is 9.50 Å². The van der Waals surface area contributed by atoms with Gasteiger partial charge in [0.15, 0.2) is 0 Å². The Kier molecular flexibility index (Phi) is 5.31. The summed E-state index contributed by atoms with van der Waals surface area (Å²) in [5, 5.41) is 9.06. The summed E-state index contributed by atoms with van der Waals surface area (Å²) < 4.78 is 13.3. The summed E-state index contributed by atoms with van der Waals surface area (Å²) in [5.74, 6) is 0.321. The zero-order valence-electron chi connectivity index (χ0n) is 11.3. The van der Waals surface area contributed by atoms with Crippen LogP contribution in [0.4, 0.5) is 4.39 Å². The van der Waals surface area contributed by atoms with Crippen LogP contribution in [-0.4, -0.2) is 36.2 Å². The molecule has 3 nitrogen and oxygen atoms in total. The Bertz CT molecular complexity index is 397. The third-order valence-electron chi connectivity index (χ3n) is 3.99. The molecule has 2 rings (SSSR count). The van der Waals surface area contributed by atoms with Gasteiger partial charge in [0.2, 0.25) is 0 Å². The zero-order chi connectivity index (χ0) is 13.7. The predicted octanol–water partition coefficient (Wildman–Crippen LogP) is 1.92. The van der Waals surface area contributed by atoms with E-state index >= 15 is 0 Å². The minimum atomic E-state index is -0.208. The molecule has 0 aliphatic carbocycles. The molecule has 1 fully saturated rings. The first kappa shape index (κ1) is 14.4. The van der Waals surface area contributed by atoms with E-state index in [0.29, 0.717) is 12.5 Å². The Morgan fingerprint density at radius 2 is 2.32 bits per heavy atom. The van der Waals surface area contributed by atoms with Crippen molar-refractivity contribution in [2.45, 2.75) is 25.3 Å². The van der Waals surface area contributed by atoms with Crippen molar-refractivity contribution in [2.24, 2.45) is 11.7 Å². The standard InChI is InChI=1S/C15H23FN2O/c16-14-5-1-4-13(9-14)15(10-17)18-7-2-3-12(11-18)6-8-19/h1,4-5,9,12,15,19H,2-3,6-8,10-11,17H2. The molecule has 0 aromatic heterocycles. The van der Waals surface area contributed by atoms with Gasteiger partial charge >= 0.3 is 0 Å². The number of benzene rings is 1. The van der Waals surface area contributed by atoms with Gasteiger partial charge in [0.25, 0.3) is 0 Å². The molecule has 4 heteroatoms. The second-order valence-corrected chi connectivity index (χ2v) is 5.32. The van der Waals surface area contributed by atoms with Gasteiger partial charge in [-0.25, -0.2) is 4.39 Å². The van der Waals surface area contributed by atoms with Gasteiger partial charge in [0.05, 0.1) is 0 Å². The number of rotatable bonds is 5. The summed E-state index contributed by atoms with van der Waals surface area (Å²) in [4.78, 5) is 2.33. The normalized spacial score (nSPS) is 22.4. The van der Waals surface area contributed by atoms with Crippen molar-refractivity contribution in [3.63, 3.8) is 0 Å². The molecule has 1 aliphatic heterocycles. The van der Waals surface area contributed by atoms with E-state index in [4.69, 9.17) is 10.8 Å². The van der Waals surface area contributed by atoms with E-state index < -0.39 is 0 Å². The first-order chi connectivity index (χ1) is 9.24. The number of likely N-dealkylation sites (tertiary alicyclic amines) is 1. The molecular formula is C15H23FN2O. The highest BCUT2D eigenvalue weighted by Gasteiger charge is 2.25. The topological polar surface area (TPSA) is 49.5 Å². The molecule has 2 atom stereocenters. The summed E-state index contributed by atoms with van der Waals surface area (Å²) in [6, 6.07) is 6.80. The lowest BCUT2D eigenvalue weighted by atomic mass is 9.92. The smallest absolute Gasteiger partial charge is 0.123 e. The number of halogens is 1. The number of hydrogen-bond acceptors (Lipinski definition) is 3. The van der Waals surface area contributed by atoms with Gasteiger partial charge in [0.1, 0.15) is 5.82 Å². The molecule has 3 N–H and O–H groups in total. The van der Waals surface area contributed by atoms with Crippen molar-refractivity contribution in [1.82, 2.24) is 4.90 Å². The highest BCUT2D eigenvalue weighted by atomic mass is 19.1. The fourth-order valence-corrected chi connectivity index (χ4v) is 3.01. The lowest BCUT2D eigenvalue weighted by Crippen LogP contribution is -2.41. The minimum absolute atomic E-state index is 0.0807. The van der Waals surface area contributed by atoms with Gasteiger partial charge in [-0.3, -0.25) is 4.90 Å². The summed E-state index contributed by atoms with van der Waals surface area (Å²) in [6.07, 6.45) is 3.13. The van der Waals surface area contributed by atoms with E-state index in [1.54, 1.807) is 12.1 Å². The number of nitrogens with two attached hydrogens (primary N) is 1. The monoisotopic (exact) mass is 266 g/mol. The first-order valence-electron chi connectivity index (χ1n) is 7.05. The molecule has 0 amide bonds. The van der Waals surface area contributed by atoms with Crippen LogP contribution in [0.1, 0.15) is 30.9 Å². The van der Waals surface area contributed by atoms with E-state index in [1.165, 1.54) is 6.07 Å². The van der Waals surface area contributed by atoms with E-state index in [9.17, 15) is 4.39 Å². The third-order valence-corrected chi connectivity index (χ3v) is 3.99. The fourth-order valence-electron chi connectivity index (χ4n) is 3.01. The number of aliphatic hydroxyl groups excluding tert-OH is 1. The number of hydrogen-bond donors (Lipinski definition) is 2. The molecule has 1 saturated heterocycles. The van der Waals surface area contributed by atoms with Crippen LogP contribution < -0.4 is 5.73 Å². The van der Waals surface area contributed by atoms with Crippen LogP contribution in [0.25, 0.3) is 0 Å². The number of piperidine rings is 1. The molecule has 0 bridgehead atoms. The lowest BCUT2D eigenvalue weighted by Gasteiger charge is -2.38. The summed E-state index contributed by atoms with van der Waals surface area (Å²) in [7, 11) is 0. The van der Waals surface area contributed by atoms with Gasteiger partial charge in [-0.2, -0.15) is 0 Å². The van der Waals surface area contributed by atoms with Crippen molar-refractivity contribution in [2.75, 3.05) is 26.2 Å². The van der Waals surface area contributed by atoms with E-state index in [-0.39, 0.29) is 18.5 Å². The molecule has 1 aromatic rings. The van der Waals surface area contributed by atoms with Crippen molar-refractivity contribution >= 4 is 0 Å². The minimum Gasteiger partial charge on any atom is -0.396 e. The Morgan fingerprint density at radius 3 is 3.00 bits per heavy atom. The molecule has 1 heterocycles. The maximum atomic E-state index is 13.3. The summed E-state index contributed by atoms with van der Waals surface area (Å²) in [5.41, 5.74) is 6.84. The largest absolute Gasteiger partial charge is 0.396 e. The number of nitrogens with zero attached hydrogens (tertiary/aromatic N) is 1. The van der Waals surface area contributed by atoms with Crippen molar-refractivity contribution in [1.29, 1.82) is 0 Å². The van der Waals surface area contributed by atoms with Gasteiger partial charge in [-0.1, -0.05) is 12.1 Å². The molecule has 0 saturated carbocycles. The van der Waals surface area contributed by atoms with Crippen LogP contribution in [-0.2, 0) is 0 Å². The SMILES string of the molecule is NCC(c1cccc(F)c1)N1CCCC(CCO)C1. The Hall–Kier alpha value is -0.970. The highest BCUT2D eigenvalue weighted by Crippen LogP contribution is 2.27. The second-order valence-electron chi connectivity index (χ2n) is 5.32. The van der Waals surface area contributed by atoms with E-state index in [1.807, 2.05) is 6.07 Å². The zero-order valence-corrected chi connectivity index (χ0v) is 11.3. The molecule has 0 radical (unpaired) electrons. The molecular weight excluding hydrogens is 243 g/mol. The molecule has 2 unspecified atom stereocenters. The molecule has 0 spiro atoms. The van der Waals surface area contributed by atoms with Crippen LogP contribution in [0.5, 0.6) is 0 Å². The molecule has 106 valence electrons. The average molecular weight is 266 g/mol. The fraction of sp³-hybridized carbons (Fsp3) is 0.600. The van der Waals surface area contributed by atoms with E-state index in [2.05, 4.69) is 4.90 Å². The van der Waals surface area contributed by atoms with E-state index in [0.717, 1.165) is 37.9 Å². The quantitative estimate of drug-likeness (QED) is 0.856. The molecule has 19 heavy (non-hydrogen) atoms. The van der Waals surface area contributed by atoms with Gasteiger partial charge < -0.3 is 10.8 Å². The Balaban J connectivity index is 2.08.